The maximum absolute atomic E-state index is 6.40. The molecule has 0 radical (unpaired) electrons. The van der Waals surface area contributed by atoms with Crippen molar-refractivity contribution in [1.82, 2.24) is 19.5 Å². The highest BCUT2D eigenvalue weighted by molar-refractivity contribution is 6.11. The Morgan fingerprint density at radius 1 is 0.333 bits per heavy atom. The minimum absolute atomic E-state index is 0.599. The summed E-state index contributed by atoms with van der Waals surface area (Å²) in [7, 11) is 0. The van der Waals surface area contributed by atoms with Crippen LogP contribution in [0.4, 0.5) is 0 Å². The molecular weight excluding hydrogens is 629 g/mol. The van der Waals surface area contributed by atoms with Gasteiger partial charge in [0.2, 0.25) is 0 Å². The first-order valence-corrected chi connectivity index (χ1v) is 16.9. The molecule has 0 unspecified atom stereocenters. The zero-order valence-electron chi connectivity index (χ0n) is 27.3. The summed E-state index contributed by atoms with van der Waals surface area (Å²) < 4.78 is 15.1. The first-order valence-electron chi connectivity index (χ1n) is 16.9. The molecule has 6 heteroatoms. The highest BCUT2D eigenvalue weighted by atomic mass is 16.6. The van der Waals surface area contributed by atoms with Gasteiger partial charge in [0.25, 0.3) is 0 Å². The Balaban J connectivity index is 1.18. The van der Waals surface area contributed by atoms with Crippen molar-refractivity contribution in [2.75, 3.05) is 0 Å². The normalized spacial score (nSPS) is 11.8. The summed E-state index contributed by atoms with van der Waals surface area (Å²) in [5, 5.41) is 2.17. The van der Waals surface area contributed by atoms with Gasteiger partial charge in [0, 0.05) is 39.2 Å². The topological polar surface area (TPSA) is 62.1 Å². The van der Waals surface area contributed by atoms with Gasteiger partial charge < -0.3 is 14.0 Å². The van der Waals surface area contributed by atoms with E-state index in [0.29, 0.717) is 40.5 Å². The molecule has 0 N–H and O–H groups in total. The van der Waals surface area contributed by atoms with Crippen molar-refractivity contribution in [1.29, 1.82) is 0 Å². The number of aromatic nitrogens is 4. The molecule has 10 rings (SSSR count). The van der Waals surface area contributed by atoms with Crippen molar-refractivity contribution in [3.63, 3.8) is 0 Å². The molecule has 0 aliphatic carbocycles. The van der Waals surface area contributed by atoms with Gasteiger partial charge in [-0.1, -0.05) is 121 Å². The maximum atomic E-state index is 6.40. The predicted octanol–water partition coefficient (Wildman–Crippen LogP) is 11.5. The number of para-hydroxylation sites is 2. The largest absolute Gasteiger partial charge is 0.449 e. The lowest BCUT2D eigenvalue weighted by molar-refractivity contribution is 0.360. The molecule has 3 heterocycles. The fraction of sp³-hybridized carbons (Fsp3) is 0. The fourth-order valence-corrected chi connectivity index (χ4v) is 6.85. The quantitative estimate of drug-likeness (QED) is 0.184. The minimum atomic E-state index is 0.599. The molecule has 0 spiro atoms. The molecule has 0 saturated heterocycles. The Hall–Kier alpha value is -7.05. The molecule has 0 amide bonds. The van der Waals surface area contributed by atoms with Crippen LogP contribution in [-0.2, 0) is 0 Å². The molecule has 51 heavy (non-hydrogen) atoms. The van der Waals surface area contributed by atoms with E-state index in [0.717, 1.165) is 55.3 Å². The second-order valence-corrected chi connectivity index (χ2v) is 12.5. The summed E-state index contributed by atoms with van der Waals surface area (Å²) in [6.07, 6.45) is 0. The molecule has 0 fully saturated rings. The van der Waals surface area contributed by atoms with Gasteiger partial charge in [-0.2, -0.15) is 0 Å². The molecule has 0 atom stereocenters. The molecule has 2 aromatic heterocycles. The van der Waals surface area contributed by atoms with Gasteiger partial charge in [-0.3, -0.25) is 0 Å². The van der Waals surface area contributed by atoms with Crippen LogP contribution in [0.25, 0.3) is 72.8 Å². The van der Waals surface area contributed by atoms with Crippen molar-refractivity contribution in [3.05, 3.63) is 170 Å². The third-order valence-electron chi connectivity index (χ3n) is 9.29. The van der Waals surface area contributed by atoms with Crippen LogP contribution >= 0.6 is 0 Å². The average Bonchev–Trinajstić information content (AvgIpc) is 3.52. The van der Waals surface area contributed by atoms with Gasteiger partial charge in [-0.15, -0.1) is 0 Å². The number of ether oxygens (including phenoxy) is 2. The summed E-state index contributed by atoms with van der Waals surface area (Å²) in [5.74, 6) is 4.60. The standard InChI is InChI=1S/C45H28N4O2/c1-4-13-29(14-5-1)32-23-24-37-35(26-32)36-27-41-42(51-40-22-11-10-21-39(40)50-41)28-38(36)49(37)34-20-12-19-33(25-34)45-47-43(30-15-6-2-7-16-30)46-44(48-45)31-17-8-3-9-18-31/h1-28H. The Morgan fingerprint density at radius 2 is 0.843 bits per heavy atom. The highest BCUT2D eigenvalue weighted by Crippen LogP contribution is 2.48. The van der Waals surface area contributed by atoms with Crippen molar-refractivity contribution in [2.45, 2.75) is 0 Å². The zero-order valence-corrected chi connectivity index (χ0v) is 27.3. The molecule has 6 nitrogen and oxygen atoms in total. The van der Waals surface area contributed by atoms with Gasteiger partial charge in [0.15, 0.2) is 40.5 Å². The fourth-order valence-electron chi connectivity index (χ4n) is 6.85. The SMILES string of the molecule is c1ccc(-c2ccc3c(c2)c2cc4c(cc2n3-c2cccc(-c3nc(-c5ccccc5)nc(-c5ccccc5)n3)c2)Oc2ccccc2O4)cc1. The van der Waals surface area contributed by atoms with E-state index >= 15 is 0 Å². The van der Waals surface area contributed by atoms with Crippen molar-refractivity contribution in [2.24, 2.45) is 0 Å². The summed E-state index contributed by atoms with van der Waals surface area (Å²) >= 11 is 0. The molecular formula is C45H28N4O2. The van der Waals surface area contributed by atoms with E-state index in [4.69, 9.17) is 24.4 Å². The molecule has 1 aliphatic heterocycles. The molecule has 1 aliphatic rings. The van der Waals surface area contributed by atoms with Crippen molar-refractivity contribution in [3.8, 4) is 74.0 Å². The third-order valence-corrected chi connectivity index (χ3v) is 9.29. The van der Waals surface area contributed by atoms with Crippen LogP contribution < -0.4 is 9.47 Å². The number of benzene rings is 7. The first kappa shape index (κ1) is 28.9. The van der Waals surface area contributed by atoms with E-state index < -0.39 is 0 Å². The third kappa shape index (κ3) is 5.09. The second-order valence-electron chi connectivity index (χ2n) is 12.5. The Kier molecular flexibility index (Phi) is 6.70. The Labute approximate surface area is 293 Å². The maximum Gasteiger partial charge on any atom is 0.172 e. The second kappa shape index (κ2) is 11.8. The molecule has 9 aromatic rings. The van der Waals surface area contributed by atoms with Crippen LogP contribution in [0, 0.1) is 0 Å². The van der Waals surface area contributed by atoms with E-state index in [1.54, 1.807) is 0 Å². The number of rotatable bonds is 5. The molecule has 240 valence electrons. The summed E-state index contributed by atoms with van der Waals surface area (Å²) in [4.78, 5) is 14.9. The highest BCUT2D eigenvalue weighted by Gasteiger charge is 2.23. The van der Waals surface area contributed by atoms with Gasteiger partial charge in [-0.05, 0) is 53.6 Å². The van der Waals surface area contributed by atoms with Crippen LogP contribution in [0.1, 0.15) is 0 Å². The van der Waals surface area contributed by atoms with Crippen molar-refractivity contribution >= 4 is 21.8 Å². The lowest BCUT2D eigenvalue weighted by Gasteiger charge is -2.20. The van der Waals surface area contributed by atoms with Gasteiger partial charge in [0.05, 0.1) is 11.0 Å². The van der Waals surface area contributed by atoms with Crippen LogP contribution in [0.5, 0.6) is 23.0 Å². The molecule has 0 saturated carbocycles. The molecule has 0 bridgehead atoms. The van der Waals surface area contributed by atoms with Crippen LogP contribution in [0.2, 0.25) is 0 Å². The predicted molar refractivity (Wildman–Crippen MR) is 202 cm³/mol. The monoisotopic (exact) mass is 656 g/mol. The van der Waals surface area contributed by atoms with Crippen LogP contribution in [0.15, 0.2) is 170 Å². The van der Waals surface area contributed by atoms with E-state index in [2.05, 4.69) is 83.4 Å². The Morgan fingerprint density at radius 3 is 1.47 bits per heavy atom. The van der Waals surface area contributed by atoms with E-state index in [9.17, 15) is 0 Å². The van der Waals surface area contributed by atoms with E-state index in [-0.39, 0.29) is 0 Å². The number of hydrogen-bond donors (Lipinski definition) is 0. The van der Waals surface area contributed by atoms with Gasteiger partial charge in [-0.25, -0.2) is 15.0 Å². The van der Waals surface area contributed by atoms with E-state index in [1.807, 2.05) is 91.0 Å². The first-order chi connectivity index (χ1) is 25.2. The summed E-state index contributed by atoms with van der Waals surface area (Å²) in [6.45, 7) is 0. The number of nitrogens with zero attached hydrogens (tertiary/aromatic N) is 4. The van der Waals surface area contributed by atoms with Crippen LogP contribution in [0.3, 0.4) is 0 Å². The zero-order chi connectivity index (χ0) is 33.7. The minimum Gasteiger partial charge on any atom is -0.449 e. The lowest BCUT2D eigenvalue weighted by atomic mass is 10.0. The Bertz CT molecular complexity index is 2690. The van der Waals surface area contributed by atoms with Gasteiger partial charge >= 0.3 is 0 Å². The van der Waals surface area contributed by atoms with Gasteiger partial charge in [0.1, 0.15) is 0 Å². The number of hydrogen-bond acceptors (Lipinski definition) is 5. The number of fused-ring (bicyclic) bond motifs is 5. The lowest BCUT2D eigenvalue weighted by Crippen LogP contribution is -2.01. The van der Waals surface area contributed by atoms with E-state index in [1.165, 1.54) is 0 Å². The summed E-state index contributed by atoms with van der Waals surface area (Å²) in [5.41, 5.74) is 8.08. The average molecular weight is 657 g/mol. The van der Waals surface area contributed by atoms with Crippen LogP contribution in [-0.4, -0.2) is 19.5 Å². The molecule has 7 aromatic carbocycles. The van der Waals surface area contributed by atoms with Crippen molar-refractivity contribution < 1.29 is 9.47 Å². The summed E-state index contributed by atoms with van der Waals surface area (Å²) in [6, 6.07) is 57.5. The smallest absolute Gasteiger partial charge is 0.172 e.